The van der Waals surface area contributed by atoms with Crippen molar-refractivity contribution in [2.24, 2.45) is 0 Å². The third-order valence-electron chi connectivity index (χ3n) is 4.21. The summed E-state index contributed by atoms with van der Waals surface area (Å²) in [5.74, 6) is -0.0932. The average molecular weight is 349 g/mol. The Hall–Kier alpha value is -1.89. The van der Waals surface area contributed by atoms with E-state index in [1.807, 2.05) is 38.1 Å². The molecule has 3 rings (SSSR count). The van der Waals surface area contributed by atoms with Crippen molar-refractivity contribution in [2.45, 2.75) is 32.4 Å². The van der Waals surface area contributed by atoms with Gasteiger partial charge in [0, 0.05) is 17.7 Å². The standard InChI is InChI=1S/C17H21ClN4O2/c1-10-16(11(2)22-21-10)20-15(23)9-19-14-7-8-24-17(14)12-3-5-13(18)6-4-12/h3-6,14,17,19H,7-9H2,1-2H3,(H,20,23)(H,21,22)/t14-,17+/m1/s1. The molecule has 1 aliphatic heterocycles. The molecule has 0 aliphatic carbocycles. The minimum atomic E-state index is -0.0932. The number of anilines is 1. The maximum atomic E-state index is 12.2. The van der Waals surface area contributed by atoms with E-state index in [4.69, 9.17) is 16.3 Å². The van der Waals surface area contributed by atoms with Crippen molar-refractivity contribution in [3.8, 4) is 0 Å². The number of carbonyl (C=O) groups is 1. The molecule has 2 atom stereocenters. The Morgan fingerprint density at radius 1 is 1.38 bits per heavy atom. The van der Waals surface area contributed by atoms with Crippen LogP contribution in [0.3, 0.4) is 0 Å². The summed E-state index contributed by atoms with van der Waals surface area (Å²) in [6.07, 6.45) is 0.803. The highest BCUT2D eigenvalue weighted by atomic mass is 35.5. The molecule has 1 aromatic heterocycles. The Labute approximate surface area is 145 Å². The van der Waals surface area contributed by atoms with Gasteiger partial charge in [0.1, 0.15) is 0 Å². The average Bonchev–Trinajstić information content (AvgIpc) is 3.15. The van der Waals surface area contributed by atoms with Crippen LogP contribution in [-0.4, -0.2) is 35.3 Å². The number of H-pyrrole nitrogens is 1. The summed E-state index contributed by atoms with van der Waals surface area (Å²) in [5, 5.41) is 13.8. The number of nitrogens with zero attached hydrogens (tertiary/aromatic N) is 1. The number of halogens is 1. The van der Waals surface area contributed by atoms with Crippen molar-refractivity contribution >= 4 is 23.2 Å². The first-order valence-corrected chi connectivity index (χ1v) is 8.34. The summed E-state index contributed by atoms with van der Waals surface area (Å²) in [4.78, 5) is 12.2. The van der Waals surface area contributed by atoms with Gasteiger partial charge in [-0.1, -0.05) is 23.7 Å². The number of aryl methyl sites for hydroxylation is 2. The van der Waals surface area contributed by atoms with Crippen LogP contribution in [0.4, 0.5) is 5.69 Å². The zero-order valence-electron chi connectivity index (χ0n) is 13.7. The second kappa shape index (κ2) is 7.34. The second-order valence-electron chi connectivity index (χ2n) is 5.98. The van der Waals surface area contributed by atoms with Crippen LogP contribution < -0.4 is 10.6 Å². The van der Waals surface area contributed by atoms with Crippen molar-refractivity contribution in [1.29, 1.82) is 0 Å². The van der Waals surface area contributed by atoms with Crippen LogP contribution in [0, 0.1) is 13.8 Å². The van der Waals surface area contributed by atoms with E-state index in [0.717, 1.165) is 29.1 Å². The minimum Gasteiger partial charge on any atom is -0.372 e. The Morgan fingerprint density at radius 2 is 2.12 bits per heavy atom. The number of aromatic amines is 1. The molecule has 128 valence electrons. The highest BCUT2D eigenvalue weighted by Gasteiger charge is 2.29. The molecule has 3 N–H and O–H groups in total. The van der Waals surface area contributed by atoms with E-state index in [0.29, 0.717) is 11.6 Å². The number of carbonyl (C=O) groups excluding carboxylic acids is 1. The fourth-order valence-electron chi connectivity index (χ4n) is 2.92. The van der Waals surface area contributed by atoms with Gasteiger partial charge >= 0.3 is 0 Å². The molecule has 0 unspecified atom stereocenters. The molecular weight excluding hydrogens is 328 g/mol. The van der Waals surface area contributed by atoms with Gasteiger partial charge < -0.3 is 15.4 Å². The lowest BCUT2D eigenvalue weighted by Gasteiger charge is -2.20. The normalized spacial score (nSPS) is 20.3. The highest BCUT2D eigenvalue weighted by Crippen LogP contribution is 2.29. The fraction of sp³-hybridized carbons (Fsp3) is 0.412. The zero-order chi connectivity index (χ0) is 17.1. The lowest BCUT2D eigenvalue weighted by atomic mass is 10.0. The maximum Gasteiger partial charge on any atom is 0.238 e. The SMILES string of the molecule is Cc1n[nH]c(C)c1NC(=O)CN[C@@H]1CCO[C@H]1c1ccc(Cl)cc1. The summed E-state index contributed by atoms with van der Waals surface area (Å²) in [6, 6.07) is 7.74. The Morgan fingerprint density at radius 3 is 2.79 bits per heavy atom. The molecule has 0 bridgehead atoms. The number of amides is 1. The van der Waals surface area contributed by atoms with Gasteiger partial charge in [-0.25, -0.2) is 0 Å². The van der Waals surface area contributed by atoms with Crippen LogP contribution in [0.25, 0.3) is 0 Å². The van der Waals surface area contributed by atoms with Crippen LogP contribution in [0.1, 0.15) is 29.5 Å². The Bertz CT molecular complexity index is 694. The largest absolute Gasteiger partial charge is 0.372 e. The molecule has 2 heterocycles. The number of benzene rings is 1. The van der Waals surface area contributed by atoms with Gasteiger partial charge in [0.25, 0.3) is 0 Å². The molecule has 1 fully saturated rings. The van der Waals surface area contributed by atoms with Crippen LogP contribution in [0.2, 0.25) is 5.02 Å². The third-order valence-corrected chi connectivity index (χ3v) is 4.46. The minimum absolute atomic E-state index is 0.0625. The van der Waals surface area contributed by atoms with Gasteiger partial charge in [0.15, 0.2) is 0 Å². The molecule has 0 spiro atoms. The van der Waals surface area contributed by atoms with Crippen LogP contribution in [0.15, 0.2) is 24.3 Å². The van der Waals surface area contributed by atoms with Crippen LogP contribution >= 0.6 is 11.6 Å². The van der Waals surface area contributed by atoms with Crippen molar-refractivity contribution in [3.05, 3.63) is 46.2 Å². The molecular formula is C17H21ClN4O2. The number of hydrogen-bond donors (Lipinski definition) is 3. The first-order chi connectivity index (χ1) is 11.5. The van der Waals surface area contributed by atoms with Crippen molar-refractivity contribution in [2.75, 3.05) is 18.5 Å². The quantitative estimate of drug-likeness (QED) is 0.776. The monoisotopic (exact) mass is 348 g/mol. The number of aromatic nitrogens is 2. The molecule has 7 heteroatoms. The number of ether oxygens (including phenoxy) is 1. The van der Waals surface area contributed by atoms with E-state index in [-0.39, 0.29) is 24.6 Å². The molecule has 24 heavy (non-hydrogen) atoms. The topological polar surface area (TPSA) is 79.0 Å². The van der Waals surface area contributed by atoms with E-state index < -0.39 is 0 Å². The summed E-state index contributed by atoms with van der Waals surface area (Å²) < 4.78 is 5.82. The van der Waals surface area contributed by atoms with E-state index in [9.17, 15) is 4.79 Å². The fourth-order valence-corrected chi connectivity index (χ4v) is 3.05. The molecule has 0 saturated carbocycles. The van der Waals surface area contributed by atoms with Gasteiger partial charge in [-0.2, -0.15) is 5.10 Å². The molecule has 0 radical (unpaired) electrons. The predicted molar refractivity (Wildman–Crippen MR) is 93.2 cm³/mol. The molecule has 1 amide bonds. The number of nitrogens with one attached hydrogen (secondary N) is 3. The van der Waals surface area contributed by atoms with Gasteiger partial charge in [-0.05, 0) is 38.0 Å². The Kier molecular flexibility index (Phi) is 5.18. The van der Waals surface area contributed by atoms with Gasteiger partial charge in [-0.3, -0.25) is 9.89 Å². The molecule has 2 aromatic rings. The third kappa shape index (κ3) is 3.77. The van der Waals surface area contributed by atoms with Crippen molar-refractivity contribution in [1.82, 2.24) is 15.5 Å². The van der Waals surface area contributed by atoms with Gasteiger partial charge in [0.05, 0.1) is 29.7 Å². The Balaban J connectivity index is 1.57. The molecule has 1 saturated heterocycles. The van der Waals surface area contributed by atoms with Crippen LogP contribution in [0.5, 0.6) is 0 Å². The van der Waals surface area contributed by atoms with Crippen molar-refractivity contribution < 1.29 is 9.53 Å². The number of rotatable bonds is 5. The van der Waals surface area contributed by atoms with E-state index in [1.165, 1.54) is 0 Å². The predicted octanol–water partition coefficient (Wildman–Crippen LogP) is 2.74. The van der Waals surface area contributed by atoms with Crippen LogP contribution in [-0.2, 0) is 9.53 Å². The molecule has 1 aliphatic rings. The lowest BCUT2D eigenvalue weighted by molar-refractivity contribution is -0.115. The van der Waals surface area contributed by atoms with Crippen molar-refractivity contribution in [3.63, 3.8) is 0 Å². The summed E-state index contributed by atoms with van der Waals surface area (Å²) in [6.45, 7) is 4.63. The lowest BCUT2D eigenvalue weighted by Crippen LogP contribution is -2.37. The second-order valence-corrected chi connectivity index (χ2v) is 6.41. The summed E-state index contributed by atoms with van der Waals surface area (Å²) in [5.41, 5.74) is 3.45. The van der Waals surface area contributed by atoms with Gasteiger partial charge in [0.2, 0.25) is 5.91 Å². The first-order valence-electron chi connectivity index (χ1n) is 7.96. The summed E-state index contributed by atoms with van der Waals surface area (Å²) >= 11 is 5.93. The molecule has 6 nitrogen and oxygen atoms in total. The smallest absolute Gasteiger partial charge is 0.238 e. The summed E-state index contributed by atoms with van der Waals surface area (Å²) in [7, 11) is 0. The van der Waals surface area contributed by atoms with E-state index >= 15 is 0 Å². The molecule has 1 aromatic carbocycles. The van der Waals surface area contributed by atoms with Gasteiger partial charge in [-0.15, -0.1) is 0 Å². The maximum absolute atomic E-state index is 12.2. The zero-order valence-corrected chi connectivity index (χ0v) is 14.5. The van der Waals surface area contributed by atoms with E-state index in [1.54, 1.807) is 0 Å². The number of hydrogen-bond acceptors (Lipinski definition) is 4. The first kappa shape index (κ1) is 17.0. The van der Waals surface area contributed by atoms with E-state index in [2.05, 4.69) is 20.8 Å². The highest BCUT2D eigenvalue weighted by molar-refractivity contribution is 6.30.